The highest BCUT2D eigenvalue weighted by Crippen LogP contribution is 2.39. The van der Waals surface area contributed by atoms with E-state index in [2.05, 4.69) is 13.0 Å². The molecule has 4 rings (SSSR count). The molecular weight excluding hydrogens is 450 g/mol. The molecule has 33 heavy (non-hydrogen) atoms. The number of methoxy groups -OCH3 is 1. The predicted molar refractivity (Wildman–Crippen MR) is 140 cm³/mol. The second kappa shape index (κ2) is 9.81. The van der Waals surface area contributed by atoms with Gasteiger partial charge in [0.25, 0.3) is 5.91 Å². The first-order valence-corrected chi connectivity index (χ1v) is 11.8. The summed E-state index contributed by atoms with van der Waals surface area (Å²) in [6.07, 6.45) is 1.83. The Morgan fingerprint density at radius 2 is 1.76 bits per heavy atom. The highest BCUT2D eigenvalue weighted by Gasteiger charge is 2.34. The first kappa shape index (κ1) is 23.1. The highest BCUT2D eigenvalue weighted by atomic mass is 32.2. The van der Waals surface area contributed by atoms with Gasteiger partial charge in [-0.05, 0) is 73.4 Å². The van der Waals surface area contributed by atoms with E-state index in [0.717, 1.165) is 27.9 Å². The Kier molecular flexibility index (Phi) is 6.86. The summed E-state index contributed by atoms with van der Waals surface area (Å²) in [5, 5.41) is 0. The molecule has 0 saturated carbocycles. The van der Waals surface area contributed by atoms with Gasteiger partial charge in [0.15, 0.2) is 4.32 Å². The quantitative estimate of drug-likeness (QED) is 0.296. The average Bonchev–Trinajstić information content (AvgIpc) is 3.08. The summed E-state index contributed by atoms with van der Waals surface area (Å²) in [4.78, 5) is 15.5. The van der Waals surface area contributed by atoms with Crippen LogP contribution in [0.3, 0.4) is 0 Å². The number of anilines is 1. The molecule has 0 spiro atoms. The summed E-state index contributed by atoms with van der Waals surface area (Å²) >= 11 is 6.88. The van der Waals surface area contributed by atoms with Gasteiger partial charge >= 0.3 is 0 Å². The van der Waals surface area contributed by atoms with Gasteiger partial charge in [0.1, 0.15) is 18.1 Å². The van der Waals surface area contributed by atoms with Crippen LogP contribution in [0.4, 0.5) is 5.69 Å². The molecule has 0 aromatic heterocycles. The Morgan fingerprint density at radius 1 is 1.00 bits per heavy atom. The van der Waals surface area contributed by atoms with Gasteiger partial charge in [-0.25, -0.2) is 0 Å². The van der Waals surface area contributed by atoms with Crippen LogP contribution in [0.1, 0.15) is 27.8 Å². The number of amides is 1. The molecule has 3 aromatic rings. The highest BCUT2D eigenvalue weighted by molar-refractivity contribution is 8.27. The summed E-state index contributed by atoms with van der Waals surface area (Å²) in [6.45, 7) is 6.53. The smallest absolute Gasteiger partial charge is 0.270 e. The van der Waals surface area contributed by atoms with Gasteiger partial charge in [-0.3, -0.25) is 9.69 Å². The average molecular weight is 476 g/mol. The molecule has 0 radical (unpaired) electrons. The van der Waals surface area contributed by atoms with Crippen molar-refractivity contribution in [2.24, 2.45) is 0 Å². The van der Waals surface area contributed by atoms with E-state index in [9.17, 15) is 4.79 Å². The van der Waals surface area contributed by atoms with E-state index in [-0.39, 0.29) is 5.91 Å². The molecule has 0 atom stereocenters. The van der Waals surface area contributed by atoms with Crippen LogP contribution in [-0.2, 0) is 11.4 Å². The Labute approximate surface area is 204 Å². The summed E-state index contributed by atoms with van der Waals surface area (Å²) in [5.74, 6) is 1.23. The van der Waals surface area contributed by atoms with E-state index in [1.165, 1.54) is 17.3 Å². The molecule has 4 nitrogen and oxygen atoms in total. The maximum absolute atomic E-state index is 13.4. The maximum atomic E-state index is 13.4. The van der Waals surface area contributed by atoms with Crippen molar-refractivity contribution < 1.29 is 14.3 Å². The van der Waals surface area contributed by atoms with Crippen molar-refractivity contribution in [1.29, 1.82) is 0 Å². The third-order valence-corrected chi connectivity index (χ3v) is 7.06. The van der Waals surface area contributed by atoms with E-state index in [1.807, 2.05) is 74.5 Å². The van der Waals surface area contributed by atoms with Crippen molar-refractivity contribution in [1.82, 2.24) is 0 Å². The molecule has 1 aliphatic rings. The lowest BCUT2D eigenvalue weighted by atomic mass is 10.1. The minimum absolute atomic E-state index is 0.133. The zero-order valence-corrected chi connectivity index (χ0v) is 20.7. The molecule has 0 aliphatic carbocycles. The third kappa shape index (κ3) is 4.82. The molecule has 1 saturated heterocycles. The lowest BCUT2D eigenvalue weighted by molar-refractivity contribution is -0.113. The molecule has 0 N–H and O–H groups in total. The van der Waals surface area contributed by atoms with E-state index in [4.69, 9.17) is 21.7 Å². The van der Waals surface area contributed by atoms with Crippen molar-refractivity contribution in [2.45, 2.75) is 27.4 Å². The topological polar surface area (TPSA) is 38.8 Å². The minimum Gasteiger partial charge on any atom is -0.497 e. The fraction of sp³-hybridized carbons (Fsp3) is 0.185. The molecule has 168 valence electrons. The van der Waals surface area contributed by atoms with Crippen molar-refractivity contribution in [3.63, 3.8) is 0 Å². The van der Waals surface area contributed by atoms with Gasteiger partial charge in [-0.15, -0.1) is 0 Å². The van der Waals surface area contributed by atoms with Crippen LogP contribution < -0.4 is 14.4 Å². The van der Waals surface area contributed by atoms with Crippen molar-refractivity contribution in [2.75, 3.05) is 12.0 Å². The van der Waals surface area contributed by atoms with Gasteiger partial charge in [-0.2, -0.15) is 0 Å². The van der Waals surface area contributed by atoms with Crippen molar-refractivity contribution >= 4 is 46.0 Å². The number of benzene rings is 3. The molecule has 1 amide bonds. The van der Waals surface area contributed by atoms with Crippen molar-refractivity contribution in [3.8, 4) is 11.5 Å². The first-order chi connectivity index (χ1) is 15.9. The second-order valence-corrected chi connectivity index (χ2v) is 9.53. The Morgan fingerprint density at radius 3 is 2.52 bits per heavy atom. The molecule has 1 fully saturated rings. The van der Waals surface area contributed by atoms with Crippen LogP contribution >= 0.6 is 24.0 Å². The van der Waals surface area contributed by atoms with Crippen LogP contribution in [0.25, 0.3) is 6.08 Å². The zero-order chi connectivity index (χ0) is 23.5. The first-order valence-electron chi connectivity index (χ1n) is 10.6. The lowest BCUT2D eigenvalue weighted by Gasteiger charge is -2.18. The number of carbonyl (C=O) groups is 1. The number of nitrogens with zero attached hydrogens (tertiary/aromatic N) is 1. The van der Waals surface area contributed by atoms with Crippen LogP contribution in [-0.4, -0.2) is 17.3 Å². The number of hydrogen-bond donors (Lipinski definition) is 0. The lowest BCUT2D eigenvalue weighted by Crippen LogP contribution is -2.28. The molecular formula is C27H25NO3S2. The van der Waals surface area contributed by atoms with Crippen LogP contribution in [0.2, 0.25) is 0 Å². The number of carbonyl (C=O) groups excluding carboxylic acids is 1. The molecule has 6 heteroatoms. The standard InChI is InChI=1S/C27H25NO3S2/c1-17-9-7-11-23(19(17)3)28-26(29)25(33-27(28)32)15-21-14-22(30-4)12-13-24(21)31-16-20-10-6-5-8-18(20)2/h5-15H,16H2,1-4H3/b25-15-. The minimum atomic E-state index is -0.133. The Bertz CT molecular complexity index is 1270. The van der Waals surface area contributed by atoms with E-state index >= 15 is 0 Å². The van der Waals surface area contributed by atoms with Gasteiger partial charge in [-0.1, -0.05) is 60.4 Å². The van der Waals surface area contributed by atoms with Crippen LogP contribution in [0, 0.1) is 20.8 Å². The number of rotatable bonds is 6. The van der Waals surface area contributed by atoms with E-state index in [1.54, 1.807) is 12.0 Å². The third-order valence-electron chi connectivity index (χ3n) is 5.76. The zero-order valence-electron chi connectivity index (χ0n) is 19.0. The molecule has 3 aromatic carbocycles. The monoisotopic (exact) mass is 475 g/mol. The summed E-state index contributed by atoms with van der Waals surface area (Å²) in [5.41, 5.74) is 6.03. The van der Waals surface area contributed by atoms with E-state index < -0.39 is 0 Å². The van der Waals surface area contributed by atoms with Crippen molar-refractivity contribution in [3.05, 3.63) is 93.4 Å². The van der Waals surface area contributed by atoms with E-state index in [0.29, 0.717) is 27.3 Å². The predicted octanol–water partition coefficient (Wildman–Crippen LogP) is 6.61. The summed E-state index contributed by atoms with van der Waals surface area (Å²) in [7, 11) is 1.62. The normalized spacial score (nSPS) is 14.8. The van der Waals surface area contributed by atoms with Gasteiger partial charge < -0.3 is 9.47 Å². The number of thiocarbonyl (C=S) groups is 1. The fourth-order valence-corrected chi connectivity index (χ4v) is 4.90. The summed E-state index contributed by atoms with van der Waals surface area (Å²) in [6, 6.07) is 19.6. The molecule has 0 bridgehead atoms. The number of thioether (sulfide) groups is 1. The Balaban J connectivity index is 1.66. The van der Waals surface area contributed by atoms with Gasteiger partial charge in [0.05, 0.1) is 17.7 Å². The SMILES string of the molecule is COc1ccc(OCc2ccccc2C)c(/C=C2\SC(=S)N(c3cccc(C)c3C)C2=O)c1. The maximum Gasteiger partial charge on any atom is 0.270 e. The summed E-state index contributed by atoms with van der Waals surface area (Å²) < 4.78 is 12.1. The van der Waals surface area contributed by atoms with Crippen LogP contribution in [0.15, 0.2) is 65.6 Å². The second-order valence-electron chi connectivity index (χ2n) is 7.86. The van der Waals surface area contributed by atoms with Gasteiger partial charge in [0.2, 0.25) is 0 Å². The fourth-order valence-electron chi connectivity index (χ4n) is 3.62. The number of hydrogen-bond acceptors (Lipinski definition) is 5. The number of ether oxygens (including phenoxy) is 2. The Hall–Kier alpha value is -3.09. The van der Waals surface area contributed by atoms with Gasteiger partial charge in [0, 0.05) is 5.56 Å². The largest absolute Gasteiger partial charge is 0.497 e. The molecule has 0 unspecified atom stereocenters. The molecule has 1 aliphatic heterocycles. The van der Waals surface area contributed by atoms with Crippen LogP contribution in [0.5, 0.6) is 11.5 Å². The molecule has 1 heterocycles. The number of aryl methyl sites for hydroxylation is 2.